The molecule has 3 atom stereocenters. The van der Waals surface area contributed by atoms with Gasteiger partial charge in [0.05, 0.1) is 5.57 Å². The van der Waals surface area contributed by atoms with Gasteiger partial charge in [0.2, 0.25) is 17.1 Å². The number of aliphatic hydroxyl groups is 1. The van der Waals surface area contributed by atoms with E-state index in [4.69, 9.17) is 11.5 Å². The number of primary amides is 1. The van der Waals surface area contributed by atoms with E-state index in [1.165, 1.54) is 12.1 Å². The molecular formula is C26H22N4O6. The third kappa shape index (κ3) is 3.11. The number of carbonyl (C=O) groups is 3. The Morgan fingerprint density at radius 1 is 1.08 bits per heavy atom. The highest BCUT2D eigenvalue weighted by Crippen LogP contribution is 2.53. The van der Waals surface area contributed by atoms with Crippen LogP contribution in [0.4, 0.5) is 5.69 Å². The molecule has 0 bridgehead atoms. The van der Waals surface area contributed by atoms with Gasteiger partial charge in [0.15, 0.2) is 0 Å². The zero-order valence-corrected chi connectivity index (χ0v) is 19.1. The van der Waals surface area contributed by atoms with Gasteiger partial charge in [-0.3, -0.25) is 14.4 Å². The average Bonchev–Trinajstić information content (AvgIpc) is 2.88. The molecule has 0 saturated heterocycles. The van der Waals surface area contributed by atoms with Crippen molar-refractivity contribution in [1.29, 1.82) is 0 Å². The minimum absolute atomic E-state index is 0.0773. The number of nitrogens with two attached hydrogens (primary N) is 2. The predicted molar refractivity (Wildman–Crippen MR) is 131 cm³/mol. The molecule has 1 amide bonds. The molecule has 36 heavy (non-hydrogen) atoms. The molecule has 0 aliphatic heterocycles. The smallest absolute Gasteiger partial charge is 0.252 e. The van der Waals surface area contributed by atoms with Crippen LogP contribution < -0.4 is 11.5 Å². The molecule has 0 heterocycles. The van der Waals surface area contributed by atoms with Crippen LogP contribution in [-0.2, 0) is 27.3 Å². The molecule has 1 saturated carbocycles. The summed E-state index contributed by atoms with van der Waals surface area (Å²) in [5, 5.41) is 17.3. The Hall–Kier alpha value is -4.31. The van der Waals surface area contributed by atoms with Gasteiger partial charge in [-0.05, 0) is 63.9 Å². The van der Waals surface area contributed by atoms with Gasteiger partial charge in [-0.2, -0.15) is 0 Å². The van der Waals surface area contributed by atoms with Gasteiger partial charge in [-0.25, -0.2) is 0 Å². The first kappa shape index (κ1) is 23.4. The van der Waals surface area contributed by atoms with Crippen molar-refractivity contribution in [3.8, 4) is 11.1 Å². The molecule has 10 heteroatoms. The Labute approximate surface area is 205 Å². The number of rotatable bonds is 5. The highest BCUT2D eigenvalue weighted by Gasteiger charge is 2.62. The summed E-state index contributed by atoms with van der Waals surface area (Å²) in [4.78, 5) is 62.4. The summed E-state index contributed by atoms with van der Waals surface area (Å²) in [6, 6.07) is 10.7. The Balaban J connectivity index is 1.70. The molecule has 182 valence electrons. The molecule has 3 aliphatic carbocycles. The van der Waals surface area contributed by atoms with Gasteiger partial charge in [0, 0.05) is 23.6 Å². The molecule has 10 nitrogen and oxygen atoms in total. The minimum atomic E-state index is -2.39. The topological polar surface area (TPSA) is 182 Å². The van der Waals surface area contributed by atoms with Crippen molar-refractivity contribution in [1.82, 2.24) is 0 Å². The van der Waals surface area contributed by atoms with E-state index in [0.29, 0.717) is 12.1 Å². The standard InChI is InChI=1S/C26H22N4O6/c27-11-12-1-3-13(4-2-12)16-7-8-19(29-35)21-18(16)10-14-9-15-5-6-17(25(28)34)23(32)26(15,30-36)24(33)20(14)22(21)31/h1-4,6-8,14-15,31H,5,9-11,27H2,(H2,28,34)/t14-,15-,26-/m1/s1. The van der Waals surface area contributed by atoms with Crippen molar-refractivity contribution in [2.24, 2.45) is 33.7 Å². The summed E-state index contributed by atoms with van der Waals surface area (Å²) in [5.41, 5.74) is 11.1. The number of carbonyl (C=O) groups excluding carboxylic acids is 3. The maximum atomic E-state index is 13.7. The van der Waals surface area contributed by atoms with E-state index < -0.39 is 46.2 Å². The fourth-order valence-electron chi connectivity index (χ4n) is 5.84. The molecule has 0 spiro atoms. The number of allylic oxidation sites excluding steroid dienone is 1. The number of fused-ring (bicyclic) bond motifs is 3. The highest BCUT2D eigenvalue weighted by molar-refractivity contribution is 6.33. The predicted octanol–water partition coefficient (Wildman–Crippen LogP) is 3.13. The number of benzene rings is 2. The second-order valence-corrected chi connectivity index (χ2v) is 9.31. The number of hydrogen-bond acceptors (Lipinski definition) is 9. The van der Waals surface area contributed by atoms with Crippen LogP contribution in [0.2, 0.25) is 0 Å². The summed E-state index contributed by atoms with van der Waals surface area (Å²) >= 11 is 0. The van der Waals surface area contributed by atoms with Gasteiger partial charge >= 0.3 is 0 Å². The van der Waals surface area contributed by atoms with E-state index in [0.717, 1.165) is 16.7 Å². The van der Waals surface area contributed by atoms with E-state index in [-0.39, 0.29) is 36.1 Å². The maximum Gasteiger partial charge on any atom is 0.252 e. The monoisotopic (exact) mass is 486 g/mol. The van der Waals surface area contributed by atoms with Crippen LogP contribution in [0.1, 0.15) is 29.5 Å². The largest absolute Gasteiger partial charge is 0.507 e. The quantitative estimate of drug-likeness (QED) is 0.329. The van der Waals surface area contributed by atoms with Gasteiger partial charge in [-0.1, -0.05) is 36.4 Å². The average molecular weight is 486 g/mol. The normalized spacial score (nSPS) is 24.9. The van der Waals surface area contributed by atoms with Crippen molar-refractivity contribution < 1.29 is 19.5 Å². The van der Waals surface area contributed by atoms with Crippen molar-refractivity contribution in [3.05, 3.63) is 80.1 Å². The van der Waals surface area contributed by atoms with E-state index in [9.17, 15) is 29.3 Å². The molecule has 0 aromatic heterocycles. The molecule has 0 radical (unpaired) electrons. The fraction of sp³-hybridized carbons (Fsp3) is 0.269. The van der Waals surface area contributed by atoms with Crippen LogP contribution in [0.15, 0.2) is 64.0 Å². The Morgan fingerprint density at radius 3 is 2.42 bits per heavy atom. The summed E-state index contributed by atoms with van der Waals surface area (Å²) < 4.78 is 0. The first-order valence-electron chi connectivity index (χ1n) is 11.4. The summed E-state index contributed by atoms with van der Waals surface area (Å²) in [7, 11) is 0. The Morgan fingerprint density at radius 2 is 1.81 bits per heavy atom. The molecule has 2 aromatic carbocycles. The van der Waals surface area contributed by atoms with Crippen molar-refractivity contribution in [3.63, 3.8) is 0 Å². The molecule has 5 rings (SSSR count). The van der Waals surface area contributed by atoms with Gasteiger partial charge < -0.3 is 16.6 Å². The molecule has 1 fully saturated rings. The lowest BCUT2D eigenvalue weighted by Gasteiger charge is -2.44. The van der Waals surface area contributed by atoms with Crippen LogP contribution in [0.25, 0.3) is 16.9 Å². The first-order valence-corrected chi connectivity index (χ1v) is 11.4. The SMILES string of the molecule is NCc1ccc(-c2ccc(N=O)c3c2C[C@H]2C[C@H]4CC=C(C(N)=O)C(=O)[C@@]4(N=O)C(=O)C2=C3O)cc1. The third-order valence-electron chi connectivity index (χ3n) is 7.60. The number of ketones is 2. The number of aliphatic hydroxyl groups excluding tert-OH is 1. The molecule has 0 unspecified atom stereocenters. The number of nitrogens with zero attached hydrogens (tertiary/aromatic N) is 2. The Bertz CT molecular complexity index is 1420. The fourth-order valence-corrected chi connectivity index (χ4v) is 5.84. The zero-order valence-electron chi connectivity index (χ0n) is 19.1. The number of Topliss-reactive ketones (excluding diaryl/α,β-unsaturated/α-hetero) is 2. The first-order chi connectivity index (χ1) is 17.3. The van der Waals surface area contributed by atoms with Gasteiger partial charge in [0.1, 0.15) is 11.4 Å². The van der Waals surface area contributed by atoms with Crippen LogP contribution in [0, 0.1) is 21.6 Å². The lowest BCUT2D eigenvalue weighted by atomic mass is 9.57. The zero-order chi connectivity index (χ0) is 25.8. The molecule has 2 aromatic rings. The molecular weight excluding hydrogens is 464 g/mol. The second kappa shape index (κ2) is 8.42. The Kier molecular flexibility index (Phi) is 5.48. The van der Waals surface area contributed by atoms with Crippen molar-refractivity contribution >= 4 is 28.9 Å². The van der Waals surface area contributed by atoms with Crippen molar-refractivity contribution in [2.75, 3.05) is 0 Å². The maximum absolute atomic E-state index is 13.7. The van der Waals surface area contributed by atoms with E-state index in [2.05, 4.69) is 10.4 Å². The van der Waals surface area contributed by atoms with Gasteiger partial charge in [0.25, 0.3) is 5.91 Å². The van der Waals surface area contributed by atoms with Crippen LogP contribution >= 0.6 is 0 Å². The van der Waals surface area contributed by atoms with E-state index in [1.54, 1.807) is 6.07 Å². The van der Waals surface area contributed by atoms with Gasteiger partial charge in [-0.15, -0.1) is 9.81 Å². The van der Waals surface area contributed by atoms with E-state index in [1.807, 2.05) is 24.3 Å². The number of amides is 1. The minimum Gasteiger partial charge on any atom is -0.507 e. The lowest BCUT2D eigenvalue weighted by Crippen LogP contribution is -2.59. The number of nitroso groups, excluding NO2 is 2. The lowest BCUT2D eigenvalue weighted by molar-refractivity contribution is -0.136. The van der Waals surface area contributed by atoms with Crippen molar-refractivity contribution in [2.45, 2.75) is 31.3 Å². The summed E-state index contributed by atoms with van der Waals surface area (Å²) in [6.45, 7) is 0.377. The summed E-state index contributed by atoms with van der Waals surface area (Å²) in [6.07, 6.45) is 1.89. The van der Waals surface area contributed by atoms with Crippen LogP contribution in [0.3, 0.4) is 0 Å². The van der Waals surface area contributed by atoms with Crippen LogP contribution in [-0.4, -0.2) is 28.1 Å². The van der Waals surface area contributed by atoms with Crippen LogP contribution in [0.5, 0.6) is 0 Å². The molecule has 3 aliphatic rings. The summed E-state index contributed by atoms with van der Waals surface area (Å²) in [5.74, 6) is -4.91. The molecule has 5 N–H and O–H groups in total. The second-order valence-electron chi connectivity index (χ2n) is 9.31. The number of hydrogen-bond donors (Lipinski definition) is 3. The third-order valence-corrected chi connectivity index (χ3v) is 7.60. The highest BCUT2D eigenvalue weighted by atomic mass is 16.3. The van der Waals surface area contributed by atoms with E-state index >= 15 is 0 Å².